The summed E-state index contributed by atoms with van der Waals surface area (Å²) in [5.41, 5.74) is 1.08. The van der Waals surface area contributed by atoms with Crippen molar-refractivity contribution in [3.05, 3.63) is 12.2 Å². The normalized spacial score (nSPS) is 40.1. The molecule has 3 heteroatoms. The molecule has 2 fully saturated rings. The van der Waals surface area contributed by atoms with Crippen LogP contribution in [0.5, 0.6) is 0 Å². The minimum absolute atomic E-state index is 0.156. The van der Waals surface area contributed by atoms with Gasteiger partial charge >= 0.3 is 0 Å². The molecule has 0 bridgehead atoms. The second-order valence-corrected chi connectivity index (χ2v) is 4.49. The average molecular weight is 294 g/mol. The number of alkyl halides is 1. The number of hydrogen-bond acceptors (Lipinski definition) is 2. The molecular formula is C10H15IO2. The second-order valence-electron chi connectivity index (χ2n) is 3.73. The second kappa shape index (κ2) is 3.87. The molecule has 0 spiro atoms. The highest BCUT2D eigenvalue weighted by atomic mass is 127. The molecule has 0 N–H and O–H groups in total. The number of ether oxygens (including phenoxy) is 2. The van der Waals surface area contributed by atoms with Crippen LogP contribution in [0.2, 0.25) is 0 Å². The third kappa shape index (κ3) is 1.55. The third-order valence-corrected chi connectivity index (χ3v) is 4.13. The van der Waals surface area contributed by atoms with Crippen LogP contribution >= 0.6 is 22.6 Å². The number of fused-ring (bicyclic) bond motifs is 1. The molecule has 2 aliphatic rings. The van der Waals surface area contributed by atoms with Gasteiger partial charge in [-0.1, -0.05) is 29.2 Å². The Balaban J connectivity index is 2.26. The molecular weight excluding hydrogens is 279 g/mol. The third-order valence-electron chi connectivity index (χ3n) is 3.00. The van der Waals surface area contributed by atoms with Crippen molar-refractivity contribution >= 4 is 22.6 Å². The van der Waals surface area contributed by atoms with Gasteiger partial charge < -0.3 is 9.47 Å². The Morgan fingerprint density at radius 1 is 1.54 bits per heavy atom. The minimum Gasteiger partial charge on any atom is -0.375 e. The van der Waals surface area contributed by atoms with E-state index in [-0.39, 0.29) is 11.7 Å². The Hall–Kier alpha value is 0.390. The molecule has 2 saturated heterocycles. The van der Waals surface area contributed by atoms with Crippen molar-refractivity contribution in [2.75, 3.05) is 17.6 Å². The van der Waals surface area contributed by atoms with Gasteiger partial charge in [0.25, 0.3) is 0 Å². The largest absolute Gasteiger partial charge is 0.375 e. The van der Waals surface area contributed by atoms with E-state index in [1.54, 1.807) is 0 Å². The molecule has 2 nitrogen and oxygen atoms in total. The van der Waals surface area contributed by atoms with Gasteiger partial charge in [-0.3, -0.25) is 0 Å². The number of halogens is 1. The van der Waals surface area contributed by atoms with Gasteiger partial charge in [-0.15, -0.1) is 0 Å². The fourth-order valence-corrected chi connectivity index (χ4v) is 3.41. The lowest BCUT2D eigenvalue weighted by atomic mass is 9.89. The van der Waals surface area contributed by atoms with E-state index in [1.807, 2.05) is 0 Å². The SMILES string of the molecule is C=C1CCCO[C@H]2CCO[C@]12CI. The number of hydrogen-bond donors (Lipinski definition) is 0. The topological polar surface area (TPSA) is 18.5 Å². The van der Waals surface area contributed by atoms with Crippen LogP contribution < -0.4 is 0 Å². The van der Waals surface area contributed by atoms with Crippen LogP contribution in [0.25, 0.3) is 0 Å². The van der Waals surface area contributed by atoms with Crippen molar-refractivity contribution in [1.82, 2.24) is 0 Å². The summed E-state index contributed by atoms with van der Waals surface area (Å²) >= 11 is 2.38. The first-order chi connectivity index (χ1) is 6.29. The lowest BCUT2D eigenvalue weighted by Crippen LogP contribution is -2.43. The van der Waals surface area contributed by atoms with Crippen LogP contribution in [0.4, 0.5) is 0 Å². The molecule has 0 unspecified atom stereocenters. The summed E-state index contributed by atoms with van der Waals surface area (Å²) in [5.74, 6) is 0. The maximum atomic E-state index is 5.85. The minimum atomic E-state index is -0.156. The fourth-order valence-electron chi connectivity index (χ4n) is 2.16. The van der Waals surface area contributed by atoms with E-state index in [0.29, 0.717) is 0 Å². The molecule has 13 heavy (non-hydrogen) atoms. The summed E-state index contributed by atoms with van der Waals surface area (Å²) in [4.78, 5) is 0. The lowest BCUT2D eigenvalue weighted by Gasteiger charge is -2.32. The highest BCUT2D eigenvalue weighted by molar-refractivity contribution is 14.1. The van der Waals surface area contributed by atoms with Crippen LogP contribution in [-0.2, 0) is 9.47 Å². The van der Waals surface area contributed by atoms with Gasteiger partial charge in [0.05, 0.1) is 12.7 Å². The van der Waals surface area contributed by atoms with E-state index >= 15 is 0 Å². The summed E-state index contributed by atoms with van der Waals surface area (Å²) in [7, 11) is 0. The first-order valence-corrected chi connectivity index (χ1v) is 6.32. The van der Waals surface area contributed by atoms with E-state index in [4.69, 9.17) is 9.47 Å². The van der Waals surface area contributed by atoms with Crippen LogP contribution in [0.1, 0.15) is 19.3 Å². The van der Waals surface area contributed by atoms with Gasteiger partial charge in [0.15, 0.2) is 0 Å². The lowest BCUT2D eigenvalue weighted by molar-refractivity contribution is -0.0373. The van der Waals surface area contributed by atoms with Crippen LogP contribution in [0.3, 0.4) is 0 Å². The molecule has 0 aromatic heterocycles. The number of rotatable bonds is 1. The smallest absolute Gasteiger partial charge is 0.124 e. The highest BCUT2D eigenvalue weighted by Crippen LogP contribution is 2.40. The monoisotopic (exact) mass is 294 g/mol. The van der Waals surface area contributed by atoms with E-state index in [1.165, 1.54) is 5.57 Å². The molecule has 2 heterocycles. The first-order valence-electron chi connectivity index (χ1n) is 4.79. The van der Waals surface area contributed by atoms with Gasteiger partial charge in [-0.25, -0.2) is 0 Å². The van der Waals surface area contributed by atoms with Gasteiger partial charge in [0.2, 0.25) is 0 Å². The quantitative estimate of drug-likeness (QED) is 0.420. The molecule has 0 radical (unpaired) electrons. The zero-order valence-electron chi connectivity index (χ0n) is 7.72. The molecule has 0 amide bonds. The first kappa shape index (κ1) is 9.93. The predicted octanol–water partition coefficient (Wildman–Crippen LogP) is 2.32. The molecule has 0 aliphatic carbocycles. The molecule has 2 aliphatic heterocycles. The molecule has 0 aromatic rings. The van der Waals surface area contributed by atoms with Crippen molar-refractivity contribution in [2.45, 2.75) is 31.0 Å². The van der Waals surface area contributed by atoms with Crippen LogP contribution in [-0.4, -0.2) is 29.3 Å². The predicted molar refractivity (Wildman–Crippen MR) is 60.3 cm³/mol. The maximum Gasteiger partial charge on any atom is 0.124 e. The fraction of sp³-hybridized carbons (Fsp3) is 0.800. The molecule has 74 valence electrons. The molecule has 0 saturated carbocycles. The Morgan fingerprint density at radius 2 is 2.38 bits per heavy atom. The van der Waals surface area contributed by atoms with Crippen molar-refractivity contribution in [3.63, 3.8) is 0 Å². The van der Waals surface area contributed by atoms with Gasteiger partial charge in [0, 0.05) is 17.5 Å². The summed E-state index contributed by atoms with van der Waals surface area (Å²) < 4.78 is 12.6. The van der Waals surface area contributed by atoms with E-state index < -0.39 is 0 Å². The van der Waals surface area contributed by atoms with Crippen molar-refractivity contribution in [3.8, 4) is 0 Å². The Bertz CT molecular complexity index is 217. The van der Waals surface area contributed by atoms with Crippen molar-refractivity contribution < 1.29 is 9.47 Å². The molecule has 0 aromatic carbocycles. The van der Waals surface area contributed by atoms with Crippen LogP contribution in [0.15, 0.2) is 12.2 Å². The summed E-state index contributed by atoms with van der Waals surface area (Å²) in [6.45, 7) is 5.84. The van der Waals surface area contributed by atoms with E-state index in [9.17, 15) is 0 Å². The highest BCUT2D eigenvalue weighted by Gasteiger charge is 2.47. The van der Waals surface area contributed by atoms with Gasteiger partial charge in [-0.2, -0.15) is 0 Å². The van der Waals surface area contributed by atoms with Crippen LogP contribution in [0, 0.1) is 0 Å². The Labute approximate surface area is 92.8 Å². The van der Waals surface area contributed by atoms with Gasteiger partial charge in [0.1, 0.15) is 5.60 Å². The van der Waals surface area contributed by atoms with Crippen molar-refractivity contribution in [1.29, 1.82) is 0 Å². The Morgan fingerprint density at radius 3 is 3.15 bits per heavy atom. The van der Waals surface area contributed by atoms with Crippen molar-refractivity contribution in [2.24, 2.45) is 0 Å². The summed E-state index contributed by atoms with van der Waals surface area (Å²) in [5, 5.41) is 0. The average Bonchev–Trinajstić information content (AvgIpc) is 2.50. The molecule has 2 atom stereocenters. The summed E-state index contributed by atoms with van der Waals surface area (Å²) in [6, 6.07) is 0. The summed E-state index contributed by atoms with van der Waals surface area (Å²) in [6.07, 6.45) is 3.44. The van der Waals surface area contributed by atoms with Gasteiger partial charge in [-0.05, 0) is 18.4 Å². The zero-order valence-corrected chi connectivity index (χ0v) is 9.88. The van der Waals surface area contributed by atoms with E-state index in [2.05, 4.69) is 29.2 Å². The standard InChI is InChI=1S/C10H15IO2/c1-8-3-2-5-12-9-4-6-13-10(8,9)7-11/h9H,1-7H2/t9-,10+/m0/s1. The zero-order chi connectivity index (χ0) is 9.31. The maximum absolute atomic E-state index is 5.85. The Kier molecular flexibility index (Phi) is 2.95. The van der Waals surface area contributed by atoms with E-state index in [0.717, 1.165) is 36.9 Å². The molecule has 2 rings (SSSR count).